The van der Waals surface area contributed by atoms with Gasteiger partial charge in [-0.15, -0.1) is 0 Å². The highest BCUT2D eigenvalue weighted by Crippen LogP contribution is 2.32. The predicted octanol–water partition coefficient (Wildman–Crippen LogP) is 2.46. The van der Waals surface area contributed by atoms with Gasteiger partial charge in [0, 0.05) is 19.6 Å². The molecule has 2 fully saturated rings. The summed E-state index contributed by atoms with van der Waals surface area (Å²) in [4.78, 5) is 27.6. The topological polar surface area (TPSA) is 72.9 Å². The van der Waals surface area contributed by atoms with Gasteiger partial charge in [-0.25, -0.2) is 13.6 Å². The van der Waals surface area contributed by atoms with E-state index in [0.717, 1.165) is 6.07 Å². The van der Waals surface area contributed by atoms with E-state index in [0.29, 0.717) is 31.5 Å². The van der Waals surface area contributed by atoms with Crippen LogP contribution >= 0.6 is 0 Å². The number of carbonyl (C=O) groups excluding carboxylic acids is 1. The minimum Gasteiger partial charge on any atom is -0.481 e. The van der Waals surface area contributed by atoms with Crippen LogP contribution in [0.25, 0.3) is 0 Å². The Hall–Kier alpha value is -2.22. The summed E-state index contributed by atoms with van der Waals surface area (Å²) in [5, 5.41) is 12.3. The van der Waals surface area contributed by atoms with Crippen molar-refractivity contribution >= 4 is 12.0 Å². The Bertz CT molecular complexity index is 730. The third-order valence-electron chi connectivity index (χ3n) is 5.54. The lowest BCUT2D eigenvalue weighted by Crippen LogP contribution is -2.52. The third kappa shape index (κ3) is 4.21. The molecule has 4 unspecified atom stereocenters. The van der Waals surface area contributed by atoms with Crippen LogP contribution < -0.4 is 5.32 Å². The maximum atomic E-state index is 13.7. The molecule has 3 rings (SSSR count). The molecule has 0 aliphatic carbocycles. The number of nitrogens with one attached hydrogen (secondary N) is 1. The molecule has 148 valence electrons. The standard InChI is InChI=1S/C19H25F2N3O3/c1-11-7-13(18(25)26)10-24(9-11)19(27)22-16-5-6-23(2)17(16)12-3-4-14(20)15(21)8-12/h3-4,8,11,13,16-17H,5-7,9-10H2,1-2H3,(H,22,27)(H,25,26). The van der Waals surface area contributed by atoms with Crippen molar-refractivity contribution in [3.05, 3.63) is 35.4 Å². The van der Waals surface area contributed by atoms with Gasteiger partial charge < -0.3 is 15.3 Å². The van der Waals surface area contributed by atoms with Crippen molar-refractivity contribution in [2.45, 2.75) is 31.8 Å². The molecule has 0 radical (unpaired) electrons. The quantitative estimate of drug-likeness (QED) is 0.844. The van der Waals surface area contributed by atoms with Crippen LogP contribution in [0.2, 0.25) is 0 Å². The van der Waals surface area contributed by atoms with Crippen molar-refractivity contribution < 1.29 is 23.5 Å². The lowest BCUT2D eigenvalue weighted by Gasteiger charge is -2.36. The van der Waals surface area contributed by atoms with Crippen LogP contribution in [0.1, 0.15) is 31.4 Å². The van der Waals surface area contributed by atoms with Crippen molar-refractivity contribution in [2.75, 3.05) is 26.7 Å². The molecule has 2 saturated heterocycles. The normalized spacial score (nSPS) is 29.0. The number of likely N-dealkylation sites (tertiary alicyclic amines) is 2. The highest BCUT2D eigenvalue weighted by atomic mass is 19.2. The predicted molar refractivity (Wildman–Crippen MR) is 95.1 cm³/mol. The minimum absolute atomic E-state index is 0.110. The molecule has 0 spiro atoms. The summed E-state index contributed by atoms with van der Waals surface area (Å²) in [6.45, 7) is 3.34. The van der Waals surface area contributed by atoms with Crippen LogP contribution in [-0.2, 0) is 4.79 Å². The molecule has 0 saturated carbocycles. The van der Waals surface area contributed by atoms with Crippen LogP contribution in [0.3, 0.4) is 0 Å². The van der Waals surface area contributed by atoms with Gasteiger partial charge >= 0.3 is 12.0 Å². The van der Waals surface area contributed by atoms with E-state index in [4.69, 9.17) is 0 Å². The van der Waals surface area contributed by atoms with E-state index in [1.807, 2.05) is 18.9 Å². The van der Waals surface area contributed by atoms with Crippen LogP contribution in [0.4, 0.5) is 13.6 Å². The largest absolute Gasteiger partial charge is 0.481 e. The van der Waals surface area contributed by atoms with Crippen molar-refractivity contribution in [2.24, 2.45) is 11.8 Å². The molecule has 0 aromatic heterocycles. The summed E-state index contributed by atoms with van der Waals surface area (Å²) in [5.41, 5.74) is 0.606. The second kappa shape index (κ2) is 7.80. The number of aliphatic carboxylic acids is 1. The van der Waals surface area contributed by atoms with Gasteiger partial charge in [0.25, 0.3) is 0 Å². The number of hydrogen-bond donors (Lipinski definition) is 2. The molecule has 27 heavy (non-hydrogen) atoms. The van der Waals surface area contributed by atoms with Crippen molar-refractivity contribution in [1.29, 1.82) is 0 Å². The van der Waals surface area contributed by atoms with Crippen molar-refractivity contribution in [3.8, 4) is 0 Å². The van der Waals surface area contributed by atoms with E-state index in [9.17, 15) is 23.5 Å². The summed E-state index contributed by atoms with van der Waals surface area (Å²) >= 11 is 0. The number of carbonyl (C=O) groups is 2. The number of amides is 2. The molecular formula is C19H25F2N3O3. The monoisotopic (exact) mass is 381 g/mol. The Kier molecular flexibility index (Phi) is 5.64. The van der Waals surface area contributed by atoms with E-state index in [1.165, 1.54) is 12.1 Å². The number of halogens is 2. The smallest absolute Gasteiger partial charge is 0.317 e. The number of carboxylic acids is 1. The van der Waals surface area contributed by atoms with Gasteiger partial charge in [-0.2, -0.15) is 0 Å². The molecule has 8 heteroatoms. The van der Waals surface area contributed by atoms with E-state index in [1.54, 1.807) is 4.90 Å². The van der Waals surface area contributed by atoms with Crippen LogP contribution in [0.15, 0.2) is 18.2 Å². The first-order chi connectivity index (χ1) is 12.8. The first-order valence-corrected chi connectivity index (χ1v) is 9.19. The molecule has 1 aromatic rings. The Labute approximate surface area is 157 Å². The average molecular weight is 381 g/mol. The van der Waals surface area contributed by atoms with Crippen molar-refractivity contribution in [3.63, 3.8) is 0 Å². The van der Waals surface area contributed by atoms with Gasteiger partial charge in [-0.05, 0) is 43.5 Å². The van der Waals surface area contributed by atoms with Crippen molar-refractivity contribution in [1.82, 2.24) is 15.1 Å². The van der Waals surface area contributed by atoms with E-state index < -0.39 is 23.5 Å². The lowest BCUT2D eigenvalue weighted by atomic mass is 9.90. The number of piperidine rings is 1. The van der Waals surface area contributed by atoms with E-state index in [2.05, 4.69) is 5.32 Å². The number of hydrogen-bond acceptors (Lipinski definition) is 3. The van der Waals surface area contributed by atoms with Gasteiger partial charge in [0.2, 0.25) is 0 Å². The molecule has 2 N–H and O–H groups in total. The first kappa shape index (κ1) is 19.5. The molecular weight excluding hydrogens is 356 g/mol. The second-order valence-electron chi connectivity index (χ2n) is 7.72. The molecule has 6 nitrogen and oxygen atoms in total. The summed E-state index contributed by atoms with van der Waals surface area (Å²) < 4.78 is 26.9. The second-order valence-corrected chi connectivity index (χ2v) is 7.72. The van der Waals surface area contributed by atoms with Gasteiger partial charge in [-0.3, -0.25) is 9.69 Å². The number of nitrogens with zero attached hydrogens (tertiary/aromatic N) is 2. The SMILES string of the molecule is CC1CC(C(=O)O)CN(C(=O)NC2CCN(C)C2c2ccc(F)c(F)c2)C1. The molecule has 2 amide bonds. The Morgan fingerprint density at radius 2 is 1.96 bits per heavy atom. The lowest BCUT2D eigenvalue weighted by molar-refractivity contribution is -0.143. The van der Waals surface area contributed by atoms with Gasteiger partial charge in [0.1, 0.15) is 0 Å². The van der Waals surface area contributed by atoms with Crippen LogP contribution in [-0.4, -0.2) is 59.6 Å². The minimum atomic E-state index is -0.910. The fraction of sp³-hybridized carbons (Fsp3) is 0.579. The van der Waals surface area contributed by atoms with E-state index in [-0.39, 0.29) is 30.6 Å². The Morgan fingerprint density at radius 3 is 2.63 bits per heavy atom. The number of rotatable bonds is 3. The summed E-state index contributed by atoms with van der Waals surface area (Å²) in [6.07, 6.45) is 1.24. The highest BCUT2D eigenvalue weighted by molar-refractivity contribution is 5.77. The zero-order valence-corrected chi connectivity index (χ0v) is 15.5. The number of benzene rings is 1. The van der Waals surface area contributed by atoms with Gasteiger partial charge in [0.05, 0.1) is 18.0 Å². The molecule has 0 bridgehead atoms. The molecule has 1 aromatic carbocycles. The van der Waals surface area contributed by atoms with Gasteiger partial charge in [0.15, 0.2) is 11.6 Å². The Morgan fingerprint density at radius 1 is 1.22 bits per heavy atom. The fourth-order valence-electron chi connectivity index (χ4n) is 4.23. The van der Waals surface area contributed by atoms with Crippen LogP contribution in [0, 0.1) is 23.5 Å². The number of urea groups is 1. The average Bonchev–Trinajstić information content (AvgIpc) is 2.97. The first-order valence-electron chi connectivity index (χ1n) is 9.19. The molecule has 2 aliphatic heterocycles. The summed E-state index contributed by atoms with van der Waals surface area (Å²) in [7, 11) is 1.88. The highest BCUT2D eigenvalue weighted by Gasteiger charge is 2.37. The zero-order chi connectivity index (χ0) is 19.7. The van der Waals surface area contributed by atoms with E-state index >= 15 is 0 Å². The maximum absolute atomic E-state index is 13.7. The maximum Gasteiger partial charge on any atom is 0.317 e. The fourth-order valence-corrected chi connectivity index (χ4v) is 4.23. The summed E-state index contributed by atoms with van der Waals surface area (Å²) in [6, 6.07) is 2.98. The molecule has 2 heterocycles. The number of carboxylic acid groups (broad SMARTS) is 1. The van der Waals surface area contributed by atoms with Gasteiger partial charge in [-0.1, -0.05) is 13.0 Å². The summed E-state index contributed by atoms with van der Waals surface area (Å²) in [5.74, 6) is -3.15. The molecule has 4 atom stereocenters. The van der Waals surface area contributed by atoms with Crippen LogP contribution in [0.5, 0.6) is 0 Å². The third-order valence-corrected chi connectivity index (χ3v) is 5.54. The number of likely N-dealkylation sites (N-methyl/N-ethyl adjacent to an activating group) is 1. The Balaban J connectivity index is 1.72. The zero-order valence-electron chi connectivity index (χ0n) is 15.5. The molecule has 2 aliphatic rings.